The third-order valence-electron chi connectivity index (χ3n) is 9.69. The highest BCUT2D eigenvalue weighted by atomic mass is 16.5. The van der Waals surface area contributed by atoms with Crippen molar-refractivity contribution < 1.29 is 23.5 Å². The lowest BCUT2D eigenvalue weighted by molar-refractivity contribution is -0.160. The standard InChI is InChI=1S/C34H42N4O5/c1-22-29(41-2)14-13-27(36-22)24-9-7-23(8-10-24)20-38(32(39)34(33(40)42-3)16-5-4-6-17-34)30-19-26(15-18-35-30)28-21-43-31(37-28)25-11-12-25/h13-15,18-19,21,23-25H,4-12,16-17,20H2,1-3H3. The highest BCUT2D eigenvalue weighted by Gasteiger charge is 2.50. The Morgan fingerprint density at radius 1 is 0.977 bits per heavy atom. The smallest absolute Gasteiger partial charge is 0.321 e. The fraction of sp³-hybridized carbons (Fsp3) is 0.559. The van der Waals surface area contributed by atoms with E-state index in [4.69, 9.17) is 23.9 Å². The number of rotatable bonds is 9. The Bertz CT molecular complexity index is 1450. The zero-order valence-electron chi connectivity index (χ0n) is 25.5. The van der Waals surface area contributed by atoms with Gasteiger partial charge in [0.25, 0.3) is 0 Å². The van der Waals surface area contributed by atoms with E-state index >= 15 is 0 Å². The van der Waals surface area contributed by atoms with Gasteiger partial charge in [-0.25, -0.2) is 9.97 Å². The molecule has 0 spiro atoms. The minimum absolute atomic E-state index is 0.197. The maximum Gasteiger partial charge on any atom is 0.321 e. The van der Waals surface area contributed by atoms with Gasteiger partial charge in [-0.3, -0.25) is 19.5 Å². The molecular weight excluding hydrogens is 544 g/mol. The van der Waals surface area contributed by atoms with Crippen molar-refractivity contribution in [1.29, 1.82) is 0 Å². The van der Waals surface area contributed by atoms with Crippen LogP contribution in [0.4, 0.5) is 5.82 Å². The summed E-state index contributed by atoms with van der Waals surface area (Å²) in [6.45, 7) is 2.48. The normalized spacial score (nSPS) is 21.7. The second-order valence-electron chi connectivity index (χ2n) is 12.5. The predicted octanol–water partition coefficient (Wildman–Crippen LogP) is 6.76. The topological polar surface area (TPSA) is 108 Å². The van der Waals surface area contributed by atoms with Gasteiger partial charge in [0.2, 0.25) is 5.91 Å². The number of hydrogen-bond donors (Lipinski definition) is 0. The van der Waals surface area contributed by atoms with Crippen LogP contribution in [0.1, 0.15) is 99.7 Å². The Morgan fingerprint density at radius 2 is 1.72 bits per heavy atom. The number of carbonyl (C=O) groups excluding carboxylic acids is 2. The summed E-state index contributed by atoms with van der Waals surface area (Å²) < 4.78 is 16.4. The summed E-state index contributed by atoms with van der Waals surface area (Å²) in [6.07, 6.45) is 13.2. The second-order valence-corrected chi connectivity index (χ2v) is 12.5. The molecule has 43 heavy (non-hydrogen) atoms. The van der Waals surface area contributed by atoms with Gasteiger partial charge in [0, 0.05) is 35.8 Å². The highest BCUT2D eigenvalue weighted by Crippen LogP contribution is 2.43. The SMILES string of the molecule is COC(=O)C1(C(=O)N(CC2CCC(c3ccc(OC)c(C)n3)CC2)c2cc(-c3coc(C4CC4)n3)ccn2)CCCCC1. The number of carbonyl (C=O) groups is 2. The Morgan fingerprint density at radius 3 is 2.40 bits per heavy atom. The molecule has 0 radical (unpaired) electrons. The number of anilines is 1. The summed E-state index contributed by atoms with van der Waals surface area (Å²) in [4.78, 5) is 43.8. The van der Waals surface area contributed by atoms with Gasteiger partial charge in [0.05, 0.1) is 19.9 Å². The molecule has 0 N–H and O–H groups in total. The van der Waals surface area contributed by atoms with Crippen molar-refractivity contribution in [3.05, 3.63) is 54.0 Å². The van der Waals surface area contributed by atoms with Crippen LogP contribution in [0.5, 0.6) is 5.75 Å². The average molecular weight is 587 g/mol. The second kappa shape index (κ2) is 12.5. The van der Waals surface area contributed by atoms with Gasteiger partial charge in [0.1, 0.15) is 28.9 Å². The zero-order valence-corrected chi connectivity index (χ0v) is 25.5. The number of ether oxygens (including phenoxy) is 2. The molecule has 1 amide bonds. The van der Waals surface area contributed by atoms with E-state index in [0.717, 1.165) is 92.1 Å². The lowest BCUT2D eigenvalue weighted by atomic mass is 9.72. The number of aryl methyl sites for hydroxylation is 1. The number of methoxy groups -OCH3 is 2. The molecule has 3 saturated carbocycles. The van der Waals surface area contributed by atoms with Gasteiger partial charge in [-0.05, 0) is 88.5 Å². The van der Waals surface area contributed by atoms with Crippen LogP contribution in [-0.4, -0.2) is 47.6 Å². The minimum Gasteiger partial charge on any atom is -0.495 e. The van der Waals surface area contributed by atoms with E-state index in [1.54, 1.807) is 24.5 Å². The molecule has 3 aromatic rings. The fourth-order valence-electron chi connectivity index (χ4n) is 6.97. The van der Waals surface area contributed by atoms with Gasteiger partial charge in [-0.1, -0.05) is 19.3 Å². The lowest BCUT2D eigenvalue weighted by Crippen LogP contribution is -2.52. The van der Waals surface area contributed by atoms with E-state index in [0.29, 0.717) is 37.0 Å². The van der Waals surface area contributed by atoms with E-state index < -0.39 is 11.4 Å². The van der Waals surface area contributed by atoms with Gasteiger partial charge < -0.3 is 13.9 Å². The van der Waals surface area contributed by atoms with Crippen molar-refractivity contribution in [2.24, 2.45) is 11.3 Å². The summed E-state index contributed by atoms with van der Waals surface area (Å²) in [5.41, 5.74) is 2.41. The van der Waals surface area contributed by atoms with Crippen LogP contribution in [0.15, 0.2) is 41.1 Å². The van der Waals surface area contributed by atoms with E-state index in [-0.39, 0.29) is 11.8 Å². The number of aromatic nitrogens is 3. The van der Waals surface area contributed by atoms with Gasteiger partial charge in [-0.15, -0.1) is 0 Å². The van der Waals surface area contributed by atoms with Crippen LogP contribution in [0.25, 0.3) is 11.3 Å². The minimum atomic E-state index is -1.18. The highest BCUT2D eigenvalue weighted by molar-refractivity contribution is 6.10. The summed E-state index contributed by atoms with van der Waals surface area (Å²) in [7, 11) is 3.05. The molecule has 3 aliphatic carbocycles. The van der Waals surface area contributed by atoms with Crippen molar-refractivity contribution in [2.45, 2.75) is 89.4 Å². The number of hydrogen-bond acceptors (Lipinski definition) is 8. The molecule has 3 aromatic heterocycles. The Labute approximate surface area is 253 Å². The third kappa shape index (κ3) is 6.04. The third-order valence-corrected chi connectivity index (χ3v) is 9.69. The molecule has 0 saturated heterocycles. The molecule has 0 aliphatic heterocycles. The predicted molar refractivity (Wildman–Crippen MR) is 162 cm³/mol. The average Bonchev–Trinajstić information content (AvgIpc) is 3.79. The van der Waals surface area contributed by atoms with Gasteiger partial charge in [-0.2, -0.15) is 0 Å². The maximum atomic E-state index is 14.6. The fourth-order valence-corrected chi connectivity index (χ4v) is 6.97. The van der Waals surface area contributed by atoms with Crippen molar-refractivity contribution in [2.75, 3.05) is 25.7 Å². The summed E-state index contributed by atoms with van der Waals surface area (Å²) >= 11 is 0. The maximum absolute atomic E-state index is 14.6. The molecule has 228 valence electrons. The van der Waals surface area contributed by atoms with Gasteiger partial charge in [0.15, 0.2) is 5.89 Å². The number of amides is 1. The largest absolute Gasteiger partial charge is 0.495 e. The van der Waals surface area contributed by atoms with Gasteiger partial charge >= 0.3 is 5.97 Å². The molecular formula is C34H42N4O5. The monoisotopic (exact) mass is 586 g/mol. The first-order chi connectivity index (χ1) is 20.9. The Hall–Kier alpha value is -3.75. The summed E-state index contributed by atoms with van der Waals surface area (Å²) in [6, 6.07) is 7.88. The summed E-state index contributed by atoms with van der Waals surface area (Å²) in [5, 5.41) is 0. The molecule has 0 atom stereocenters. The molecule has 0 aromatic carbocycles. The molecule has 3 aliphatic rings. The molecule has 0 bridgehead atoms. The van der Waals surface area contributed by atoms with Crippen LogP contribution in [0, 0.1) is 18.3 Å². The van der Waals surface area contributed by atoms with Crippen LogP contribution < -0.4 is 9.64 Å². The van der Waals surface area contributed by atoms with Crippen molar-refractivity contribution in [1.82, 2.24) is 15.0 Å². The quantitative estimate of drug-likeness (QED) is 0.200. The van der Waals surface area contributed by atoms with Crippen molar-refractivity contribution in [3.63, 3.8) is 0 Å². The first-order valence-corrected chi connectivity index (χ1v) is 15.8. The Balaban J connectivity index is 1.26. The molecule has 9 heteroatoms. The molecule has 0 unspecified atom stereocenters. The van der Waals surface area contributed by atoms with Crippen LogP contribution in [0.3, 0.4) is 0 Å². The van der Waals surface area contributed by atoms with Crippen LogP contribution in [-0.2, 0) is 14.3 Å². The van der Waals surface area contributed by atoms with Crippen molar-refractivity contribution in [3.8, 4) is 17.0 Å². The lowest BCUT2D eigenvalue weighted by Gasteiger charge is -2.39. The number of nitrogens with zero attached hydrogens (tertiary/aromatic N) is 4. The van der Waals surface area contributed by atoms with E-state index in [2.05, 4.69) is 11.1 Å². The zero-order chi connectivity index (χ0) is 30.0. The Kier molecular flexibility index (Phi) is 8.50. The number of oxazole rings is 1. The molecule has 3 heterocycles. The number of pyridine rings is 2. The number of esters is 1. The van der Waals surface area contributed by atoms with Crippen LogP contribution in [0.2, 0.25) is 0 Å². The molecule has 9 nitrogen and oxygen atoms in total. The molecule has 6 rings (SSSR count). The first-order valence-electron chi connectivity index (χ1n) is 15.8. The van der Waals surface area contributed by atoms with E-state index in [1.165, 1.54) is 7.11 Å². The first kappa shape index (κ1) is 29.3. The summed E-state index contributed by atoms with van der Waals surface area (Å²) in [5.74, 6) is 2.54. The van der Waals surface area contributed by atoms with E-state index in [9.17, 15) is 9.59 Å². The van der Waals surface area contributed by atoms with Crippen LogP contribution >= 0.6 is 0 Å². The van der Waals surface area contributed by atoms with Crippen molar-refractivity contribution >= 4 is 17.7 Å². The van der Waals surface area contributed by atoms with E-state index in [1.807, 2.05) is 25.1 Å². The molecule has 3 fully saturated rings.